The van der Waals surface area contributed by atoms with Gasteiger partial charge in [-0.05, 0) is 81.1 Å². The van der Waals surface area contributed by atoms with Crippen molar-refractivity contribution >= 4 is 57.2 Å². The fourth-order valence-corrected chi connectivity index (χ4v) is 8.62. The third-order valence-corrected chi connectivity index (χ3v) is 11.4. The fourth-order valence-electron chi connectivity index (χ4n) is 8.62. The van der Waals surface area contributed by atoms with Crippen LogP contribution in [-0.4, -0.2) is 6.71 Å². The van der Waals surface area contributed by atoms with Crippen molar-refractivity contribution in [3.8, 4) is 0 Å². The first-order valence-electron chi connectivity index (χ1n) is 18.1. The molecule has 0 spiro atoms. The summed E-state index contributed by atoms with van der Waals surface area (Å²) in [5, 5.41) is 0. The second kappa shape index (κ2) is 11.9. The van der Waals surface area contributed by atoms with Crippen LogP contribution >= 0.6 is 0 Å². The summed E-state index contributed by atoms with van der Waals surface area (Å²) in [6.45, 7) is 9.47. The second-order valence-electron chi connectivity index (χ2n) is 15.0. The molecule has 2 aliphatic heterocycles. The maximum Gasteiger partial charge on any atom is 0.252 e. The third-order valence-electron chi connectivity index (χ3n) is 11.4. The molecule has 0 amide bonds. The first kappa shape index (κ1) is 31.2. The summed E-state index contributed by atoms with van der Waals surface area (Å²) >= 11 is 0. The molecule has 9 rings (SSSR count). The maximum atomic E-state index is 2.54. The summed E-state index contributed by atoms with van der Waals surface area (Å²) in [7, 11) is 0. The molecule has 0 fully saturated rings. The van der Waals surface area contributed by atoms with Gasteiger partial charge in [-0.1, -0.05) is 161 Å². The minimum Gasteiger partial charge on any atom is -0.311 e. The Morgan fingerprint density at radius 1 is 0.373 bits per heavy atom. The molecule has 0 N–H and O–H groups in total. The average Bonchev–Trinajstić information content (AvgIpc) is 3.18. The van der Waals surface area contributed by atoms with Crippen LogP contribution in [0.25, 0.3) is 0 Å². The van der Waals surface area contributed by atoms with Crippen molar-refractivity contribution in [1.82, 2.24) is 0 Å². The van der Waals surface area contributed by atoms with Crippen molar-refractivity contribution in [3.63, 3.8) is 0 Å². The van der Waals surface area contributed by atoms with Crippen molar-refractivity contribution in [3.05, 3.63) is 198 Å². The Morgan fingerprint density at radius 2 is 0.882 bits per heavy atom. The lowest BCUT2D eigenvalue weighted by Crippen LogP contribution is -2.61. The largest absolute Gasteiger partial charge is 0.311 e. The van der Waals surface area contributed by atoms with E-state index in [4.69, 9.17) is 0 Å². The summed E-state index contributed by atoms with van der Waals surface area (Å²) in [5.74, 6) is 0. The summed E-state index contributed by atoms with van der Waals surface area (Å²) in [5.41, 5.74) is 16.1. The molecule has 2 nitrogen and oxygen atoms in total. The van der Waals surface area contributed by atoms with Crippen molar-refractivity contribution in [2.24, 2.45) is 0 Å². The summed E-state index contributed by atoms with van der Waals surface area (Å²) < 4.78 is 0. The quantitative estimate of drug-likeness (QED) is 0.164. The number of anilines is 6. The lowest BCUT2D eigenvalue weighted by atomic mass is 9.33. The highest BCUT2D eigenvalue weighted by Crippen LogP contribution is 2.47. The fraction of sp³-hybridized carbons (Fsp3) is 0.125. The number of fused-ring (bicyclic) bond motifs is 4. The molecule has 2 heterocycles. The second-order valence-corrected chi connectivity index (χ2v) is 15.0. The molecule has 0 saturated carbocycles. The first-order chi connectivity index (χ1) is 24.9. The zero-order chi connectivity index (χ0) is 34.7. The van der Waals surface area contributed by atoms with E-state index in [2.05, 4.69) is 213 Å². The van der Waals surface area contributed by atoms with Gasteiger partial charge in [0, 0.05) is 39.3 Å². The van der Waals surface area contributed by atoms with Gasteiger partial charge in [-0.25, -0.2) is 0 Å². The summed E-state index contributed by atoms with van der Waals surface area (Å²) in [6.07, 6.45) is 0. The SMILES string of the molecule is CC(C)(c1ccccc1)c1ccc2c(c1)B1c3ccccc3N(c3ccccc3C(C)(C)c3ccccc3)c3cccc(c31)N2c1ccccc1. The van der Waals surface area contributed by atoms with E-state index in [1.54, 1.807) is 0 Å². The molecule has 2 aliphatic rings. The van der Waals surface area contributed by atoms with Crippen molar-refractivity contribution in [2.75, 3.05) is 9.80 Å². The Labute approximate surface area is 302 Å². The van der Waals surface area contributed by atoms with E-state index in [1.807, 2.05) is 0 Å². The molecule has 0 aliphatic carbocycles. The first-order valence-corrected chi connectivity index (χ1v) is 18.1. The molecular formula is C48H41BN2. The Kier molecular flexibility index (Phi) is 7.29. The standard InChI is InChI=1S/C48H41BN2/c1-47(2,34-19-8-5-9-20-34)36-31-32-43-40(33-36)49-39-26-15-17-28-42(39)51(41-27-16-14-25-38(41)48(3,4)35-21-10-6-11-22-35)45-30-18-29-44(46(45)49)50(43)37-23-12-7-13-24-37/h5-33H,1-4H3. The molecular weight excluding hydrogens is 615 g/mol. The lowest BCUT2D eigenvalue weighted by Gasteiger charge is -2.45. The van der Waals surface area contributed by atoms with E-state index in [-0.39, 0.29) is 17.5 Å². The molecule has 7 aromatic carbocycles. The van der Waals surface area contributed by atoms with Crippen LogP contribution in [-0.2, 0) is 10.8 Å². The van der Waals surface area contributed by atoms with Crippen LogP contribution in [0.1, 0.15) is 49.9 Å². The number of rotatable bonds is 6. The van der Waals surface area contributed by atoms with Gasteiger partial charge in [0.05, 0.1) is 5.69 Å². The van der Waals surface area contributed by atoms with Gasteiger partial charge in [0.15, 0.2) is 0 Å². The normalized spacial score (nSPS) is 13.4. The molecule has 3 heteroatoms. The highest BCUT2D eigenvalue weighted by Gasteiger charge is 2.44. The van der Waals surface area contributed by atoms with Gasteiger partial charge >= 0.3 is 0 Å². The molecule has 0 saturated heterocycles. The molecule has 7 aromatic rings. The Balaban J connectivity index is 1.32. The summed E-state index contributed by atoms with van der Waals surface area (Å²) in [6, 6.07) is 64.9. The monoisotopic (exact) mass is 656 g/mol. The van der Waals surface area contributed by atoms with Crippen molar-refractivity contribution in [2.45, 2.75) is 38.5 Å². The predicted octanol–water partition coefficient (Wildman–Crippen LogP) is 10.4. The van der Waals surface area contributed by atoms with Gasteiger partial charge in [-0.15, -0.1) is 0 Å². The highest BCUT2D eigenvalue weighted by molar-refractivity contribution is 7.00. The smallest absolute Gasteiger partial charge is 0.252 e. The molecule has 0 bridgehead atoms. The van der Waals surface area contributed by atoms with Crippen LogP contribution in [0, 0.1) is 0 Å². The number of hydrogen-bond donors (Lipinski definition) is 0. The molecule has 0 atom stereocenters. The molecule has 51 heavy (non-hydrogen) atoms. The maximum absolute atomic E-state index is 2.54. The molecule has 0 radical (unpaired) electrons. The van der Waals surface area contributed by atoms with Gasteiger partial charge in [-0.3, -0.25) is 0 Å². The van der Waals surface area contributed by atoms with Crippen LogP contribution in [0.15, 0.2) is 176 Å². The van der Waals surface area contributed by atoms with E-state index in [9.17, 15) is 0 Å². The van der Waals surface area contributed by atoms with Crippen LogP contribution in [0.2, 0.25) is 0 Å². The topological polar surface area (TPSA) is 6.48 Å². The van der Waals surface area contributed by atoms with E-state index in [1.165, 1.54) is 67.1 Å². The Hall–Kier alpha value is -5.80. The Bertz CT molecular complexity index is 2380. The Morgan fingerprint density at radius 3 is 1.57 bits per heavy atom. The van der Waals surface area contributed by atoms with Crippen molar-refractivity contribution < 1.29 is 0 Å². The van der Waals surface area contributed by atoms with Gasteiger partial charge in [0.2, 0.25) is 0 Å². The minimum atomic E-state index is -0.223. The van der Waals surface area contributed by atoms with E-state index in [0.717, 1.165) is 5.69 Å². The highest BCUT2D eigenvalue weighted by atomic mass is 15.2. The van der Waals surface area contributed by atoms with Crippen LogP contribution < -0.4 is 26.2 Å². The van der Waals surface area contributed by atoms with Crippen LogP contribution in [0.5, 0.6) is 0 Å². The lowest BCUT2D eigenvalue weighted by molar-refractivity contribution is 0.641. The van der Waals surface area contributed by atoms with Gasteiger partial charge in [-0.2, -0.15) is 0 Å². The van der Waals surface area contributed by atoms with Gasteiger partial charge in [0.25, 0.3) is 6.71 Å². The van der Waals surface area contributed by atoms with E-state index < -0.39 is 0 Å². The molecule has 0 unspecified atom stereocenters. The van der Waals surface area contributed by atoms with Gasteiger partial charge in [0.1, 0.15) is 0 Å². The zero-order valence-electron chi connectivity index (χ0n) is 29.7. The molecule has 0 aromatic heterocycles. The number of nitrogens with zero attached hydrogens (tertiary/aromatic N) is 2. The van der Waals surface area contributed by atoms with Gasteiger partial charge < -0.3 is 9.80 Å². The average molecular weight is 657 g/mol. The van der Waals surface area contributed by atoms with E-state index >= 15 is 0 Å². The predicted molar refractivity (Wildman–Crippen MR) is 218 cm³/mol. The third kappa shape index (κ3) is 4.87. The molecule has 246 valence electrons. The van der Waals surface area contributed by atoms with Crippen LogP contribution in [0.3, 0.4) is 0 Å². The number of benzene rings is 7. The van der Waals surface area contributed by atoms with E-state index in [0.29, 0.717) is 0 Å². The van der Waals surface area contributed by atoms with Crippen LogP contribution in [0.4, 0.5) is 34.1 Å². The number of hydrogen-bond acceptors (Lipinski definition) is 2. The zero-order valence-corrected chi connectivity index (χ0v) is 29.7. The minimum absolute atomic E-state index is 0.0689. The summed E-state index contributed by atoms with van der Waals surface area (Å²) in [4.78, 5) is 5.02. The number of para-hydroxylation sites is 3. The van der Waals surface area contributed by atoms with Crippen molar-refractivity contribution in [1.29, 1.82) is 0 Å².